The Morgan fingerprint density at radius 2 is 2.07 bits per heavy atom. The summed E-state index contributed by atoms with van der Waals surface area (Å²) in [6, 6.07) is 6.64. The number of nitrogens with zero attached hydrogens (tertiary/aromatic N) is 1. The maximum atomic E-state index is 13.1. The van der Waals surface area contributed by atoms with Crippen molar-refractivity contribution >= 4 is 11.7 Å². The van der Waals surface area contributed by atoms with Gasteiger partial charge in [0.05, 0.1) is 5.69 Å². The summed E-state index contributed by atoms with van der Waals surface area (Å²) in [7, 11) is 1.32. The van der Waals surface area contributed by atoms with Crippen molar-refractivity contribution in [1.82, 2.24) is 5.01 Å². The van der Waals surface area contributed by atoms with Gasteiger partial charge in [0, 0.05) is 18.2 Å². The van der Waals surface area contributed by atoms with Crippen LogP contribution in [-0.4, -0.2) is 23.2 Å². The molecule has 6 nitrogen and oxygen atoms in total. The molecule has 27 heavy (non-hydrogen) atoms. The van der Waals surface area contributed by atoms with Crippen LogP contribution in [0.2, 0.25) is 0 Å². The molecule has 0 atom stereocenters. The highest BCUT2D eigenvalue weighted by molar-refractivity contribution is 5.90. The molecule has 0 unspecified atom stereocenters. The third-order valence-electron chi connectivity index (χ3n) is 3.53. The Labute approximate surface area is 153 Å². The minimum absolute atomic E-state index is 0.250. The summed E-state index contributed by atoms with van der Waals surface area (Å²) >= 11 is 0. The number of anilines is 1. The molecule has 142 valence electrons. The van der Waals surface area contributed by atoms with Crippen molar-refractivity contribution < 1.29 is 27.8 Å². The fourth-order valence-corrected chi connectivity index (χ4v) is 2.21. The average molecular weight is 379 g/mol. The largest absolute Gasteiger partial charge is 0.508 e. The number of halogens is 3. The maximum absolute atomic E-state index is 13.1. The number of rotatable bonds is 4. The summed E-state index contributed by atoms with van der Waals surface area (Å²) in [4.78, 5) is 11.8. The van der Waals surface area contributed by atoms with Crippen LogP contribution >= 0.6 is 0 Å². The van der Waals surface area contributed by atoms with E-state index in [-0.39, 0.29) is 12.3 Å². The summed E-state index contributed by atoms with van der Waals surface area (Å²) in [6.45, 7) is -0.349. The standard InChI is InChI=1S/C18H16F3N3O3/c1-3-11-5-4-6-15(23-17(26)24(2)22)13(11)10-27-16-8-7-12(25)9-14(16)18(19,20)21/h1,4-9,25H,10,22H2,2H3,(H,23,26). The predicted octanol–water partition coefficient (Wildman–Crippen LogP) is 3.31. The Morgan fingerprint density at radius 3 is 2.67 bits per heavy atom. The van der Waals surface area contributed by atoms with E-state index >= 15 is 0 Å². The number of ether oxygens (including phenoxy) is 1. The molecule has 2 amide bonds. The lowest BCUT2D eigenvalue weighted by Crippen LogP contribution is -2.37. The number of urea groups is 1. The van der Waals surface area contributed by atoms with Crippen LogP contribution in [0.5, 0.6) is 11.5 Å². The predicted molar refractivity (Wildman–Crippen MR) is 92.8 cm³/mol. The fourth-order valence-electron chi connectivity index (χ4n) is 2.21. The number of phenolic OH excluding ortho intramolecular Hbond substituents is 1. The van der Waals surface area contributed by atoms with Gasteiger partial charge in [0.25, 0.3) is 0 Å². The molecule has 0 fully saturated rings. The summed E-state index contributed by atoms with van der Waals surface area (Å²) in [5, 5.41) is 12.6. The first kappa shape index (κ1) is 19.9. The van der Waals surface area contributed by atoms with Gasteiger partial charge >= 0.3 is 12.2 Å². The van der Waals surface area contributed by atoms with Gasteiger partial charge in [-0.2, -0.15) is 13.2 Å². The van der Waals surface area contributed by atoms with Crippen LogP contribution in [0, 0.1) is 12.3 Å². The molecule has 0 bridgehead atoms. The number of amides is 2. The second kappa shape index (κ2) is 7.88. The molecule has 0 heterocycles. The Bertz CT molecular complexity index is 890. The molecular formula is C18H16F3N3O3. The topological polar surface area (TPSA) is 87.8 Å². The number of hydrogen-bond acceptors (Lipinski definition) is 4. The van der Waals surface area contributed by atoms with E-state index in [9.17, 15) is 23.1 Å². The third-order valence-corrected chi connectivity index (χ3v) is 3.53. The first-order valence-corrected chi connectivity index (χ1v) is 7.54. The van der Waals surface area contributed by atoms with Gasteiger partial charge in [-0.3, -0.25) is 5.01 Å². The van der Waals surface area contributed by atoms with Gasteiger partial charge in [0.15, 0.2) is 0 Å². The Kier molecular flexibility index (Phi) is 5.82. The number of nitrogens with one attached hydrogen (secondary N) is 1. The molecule has 0 saturated heterocycles. The van der Waals surface area contributed by atoms with E-state index < -0.39 is 29.3 Å². The summed E-state index contributed by atoms with van der Waals surface area (Å²) in [5.41, 5.74) is -0.246. The molecule has 0 aliphatic heterocycles. The lowest BCUT2D eigenvalue weighted by atomic mass is 10.1. The highest BCUT2D eigenvalue weighted by Crippen LogP contribution is 2.38. The number of carbonyl (C=O) groups is 1. The van der Waals surface area contributed by atoms with Crippen LogP contribution in [0.15, 0.2) is 36.4 Å². The molecule has 0 aliphatic carbocycles. The normalized spacial score (nSPS) is 10.8. The van der Waals surface area contributed by atoms with Gasteiger partial charge in [-0.15, -0.1) is 6.42 Å². The summed E-state index contributed by atoms with van der Waals surface area (Å²) in [5.74, 6) is 6.71. The fraction of sp³-hybridized carbons (Fsp3) is 0.167. The van der Waals surface area contributed by atoms with Crippen molar-refractivity contribution in [3.63, 3.8) is 0 Å². The van der Waals surface area contributed by atoms with E-state index in [0.29, 0.717) is 17.2 Å². The molecule has 2 rings (SSSR count). The zero-order valence-electron chi connectivity index (χ0n) is 14.2. The molecule has 2 aromatic carbocycles. The quantitative estimate of drug-likeness (QED) is 0.329. The number of hydrazine groups is 1. The van der Waals surface area contributed by atoms with Gasteiger partial charge in [0.1, 0.15) is 23.7 Å². The number of phenols is 1. The molecule has 0 aliphatic rings. The molecule has 4 N–H and O–H groups in total. The van der Waals surface area contributed by atoms with Crippen molar-refractivity contribution in [2.75, 3.05) is 12.4 Å². The second-order valence-electron chi connectivity index (χ2n) is 5.48. The number of hydrogen-bond donors (Lipinski definition) is 3. The van der Waals surface area contributed by atoms with Crippen molar-refractivity contribution in [1.29, 1.82) is 0 Å². The molecule has 2 aromatic rings. The van der Waals surface area contributed by atoms with E-state index in [1.807, 2.05) is 0 Å². The molecular weight excluding hydrogens is 363 g/mol. The van der Waals surface area contributed by atoms with Crippen molar-refractivity contribution in [3.05, 3.63) is 53.1 Å². The third kappa shape index (κ3) is 4.83. The minimum Gasteiger partial charge on any atom is -0.508 e. The molecule has 0 spiro atoms. The Hall–Kier alpha value is -3.38. The Balaban J connectivity index is 2.36. The number of terminal acetylenes is 1. The zero-order valence-corrected chi connectivity index (χ0v) is 14.2. The highest BCUT2D eigenvalue weighted by Gasteiger charge is 2.35. The lowest BCUT2D eigenvalue weighted by Gasteiger charge is -2.18. The Morgan fingerprint density at radius 1 is 1.37 bits per heavy atom. The van der Waals surface area contributed by atoms with E-state index in [1.54, 1.807) is 12.1 Å². The van der Waals surface area contributed by atoms with Crippen LogP contribution in [-0.2, 0) is 12.8 Å². The molecule has 0 radical (unpaired) electrons. The lowest BCUT2D eigenvalue weighted by molar-refractivity contribution is -0.139. The number of alkyl halides is 3. The van der Waals surface area contributed by atoms with E-state index in [1.165, 1.54) is 13.1 Å². The zero-order chi connectivity index (χ0) is 20.2. The first-order chi connectivity index (χ1) is 12.6. The van der Waals surface area contributed by atoms with Gasteiger partial charge in [-0.05, 0) is 30.3 Å². The molecule has 0 aromatic heterocycles. The summed E-state index contributed by atoms with van der Waals surface area (Å²) in [6.07, 6.45) is 0.708. The van der Waals surface area contributed by atoms with Crippen LogP contribution in [0.25, 0.3) is 0 Å². The maximum Gasteiger partial charge on any atom is 0.420 e. The minimum atomic E-state index is -4.72. The van der Waals surface area contributed by atoms with Gasteiger partial charge in [0.2, 0.25) is 0 Å². The van der Waals surface area contributed by atoms with Gasteiger partial charge < -0.3 is 15.2 Å². The monoisotopic (exact) mass is 379 g/mol. The number of aromatic hydroxyl groups is 1. The highest BCUT2D eigenvalue weighted by atomic mass is 19.4. The molecule has 9 heteroatoms. The average Bonchev–Trinajstić information content (AvgIpc) is 2.60. The van der Waals surface area contributed by atoms with Crippen molar-refractivity contribution in [2.24, 2.45) is 5.84 Å². The van der Waals surface area contributed by atoms with Crippen LogP contribution in [0.4, 0.5) is 23.7 Å². The first-order valence-electron chi connectivity index (χ1n) is 7.54. The molecule has 0 saturated carbocycles. The van der Waals surface area contributed by atoms with Gasteiger partial charge in [-0.25, -0.2) is 10.6 Å². The smallest absolute Gasteiger partial charge is 0.420 e. The van der Waals surface area contributed by atoms with Crippen LogP contribution in [0.1, 0.15) is 16.7 Å². The van der Waals surface area contributed by atoms with Crippen LogP contribution < -0.4 is 15.9 Å². The summed E-state index contributed by atoms with van der Waals surface area (Å²) < 4.78 is 44.7. The second-order valence-corrected chi connectivity index (χ2v) is 5.48. The number of carbonyl (C=O) groups excluding carboxylic acids is 1. The number of benzene rings is 2. The SMILES string of the molecule is C#Cc1cccc(NC(=O)N(C)N)c1COc1ccc(O)cc1C(F)(F)F. The van der Waals surface area contributed by atoms with Crippen molar-refractivity contribution in [3.8, 4) is 23.8 Å². The number of nitrogens with two attached hydrogens (primary N) is 1. The van der Waals surface area contributed by atoms with Crippen molar-refractivity contribution in [2.45, 2.75) is 12.8 Å². The van der Waals surface area contributed by atoms with E-state index in [4.69, 9.17) is 17.0 Å². The van der Waals surface area contributed by atoms with E-state index in [2.05, 4.69) is 11.2 Å². The van der Waals surface area contributed by atoms with Crippen LogP contribution in [0.3, 0.4) is 0 Å². The van der Waals surface area contributed by atoms with E-state index in [0.717, 1.165) is 17.1 Å². The van der Waals surface area contributed by atoms with Gasteiger partial charge in [-0.1, -0.05) is 12.0 Å².